The second kappa shape index (κ2) is 7.49. The molecule has 7 heteroatoms. The number of benzene rings is 1. The highest BCUT2D eigenvalue weighted by molar-refractivity contribution is 7.87. The van der Waals surface area contributed by atoms with Crippen LogP contribution in [-0.2, 0) is 21.5 Å². The Morgan fingerprint density at radius 3 is 2.46 bits per heavy atom. The van der Waals surface area contributed by atoms with Crippen molar-refractivity contribution in [1.82, 2.24) is 13.9 Å². The predicted octanol–water partition coefficient (Wildman–Crippen LogP) is 1.20. The van der Waals surface area contributed by atoms with Crippen molar-refractivity contribution < 1.29 is 13.2 Å². The van der Waals surface area contributed by atoms with Gasteiger partial charge < -0.3 is 4.74 Å². The van der Waals surface area contributed by atoms with Crippen molar-refractivity contribution in [2.45, 2.75) is 45.1 Å². The van der Waals surface area contributed by atoms with Crippen molar-refractivity contribution >= 4 is 10.2 Å². The summed E-state index contributed by atoms with van der Waals surface area (Å²) in [6, 6.07) is 10.3. The molecule has 2 heterocycles. The lowest BCUT2D eigenvalue weighted by molar-refractivity contribution is -0.0444. The molecule has 0 bridgehead atoms. The minimum atomic E-state index is -3.45. The second-order valence-electron chi connectivity index (χ2n) is 6.90. The maximum Gasteiger partial charge on any atom is 0.279 e. The molecule has 2 aliphatic heterocycles. The molecule has 2 saturated heterocycles. The first kappa shape index (κ1) is 17.8. The number of hydrogen-bond donors (Lipinski definition) is 1. The minimum Gasteiger partial charge on any atom is -0.373 e. The van der Waals surface area contributed by atoms with Crippen molar-refractivity contribution in [2.75, 3.05) is 26.2 Å². The van der Waals surface area contributed by atoms with Gasteiger partial charge in [0.05, 0.1) is 12.2 Å². The second-order valence-corrected chi connectivity index (χ2v) is 8.61. The van der Waals surface area contributed by atoms with Crippen LogP contribution in [-0.4, -0.2) is 62.1 Å². The molecule has 3 rings (SSSR count). The van der Waals surface area contributed by atoms with Crippen molar-refractivity contribution in [3.63, 3.8) is 0 Å². The summed E-state index contributed by atoms with van der Waals surface area (Å²) in [6.45, 7) is 7.19. The summed E-state index contributed by atoms with van der Waals surface area (Å²) in [5.74, 6) is 0. The van der Waals surface area contributed by atoms with Crippen LogP contribution in [0.25, 0.3) is 0 Å². The van der Waals surface area contributed by atoms with Gasteiger partial charge >= 0.3 is 0 Å². The Hall–Kier alpha value is -0.990. The molecule has 6 nitrogen and oxygen atoms in total. The van der Waals surface area contributed by atoms with Gasteiger partial charge in [-0.1, -0.05) is 30.3 Å². The van der Waals surface area contributed by atoms with Crippen LogP contribution in [0.15, 0.2) is 30.3 Å². The third-order valence-corrected chi connectivity index (χ3v) is 6.17. The van der Waals surface area contributed by atoms with E-state index >= 15 is 0 Å². The summed E-state index contributed by atoms with van der Waals surface area (Å²) in [7, 11) is -3.45. The highest BCUT2D eigenvalue weighted by Gasteiger charge is 2.34. The number of likely N-dealkylation sites (tertiary alicyclic amines) is 1. The largest absolute Gasteiger partial charge is 0.373 e. The molecule has 1 N–H and O–H groups in total. The monoisotopic (exact) mass is 353 g/mol. The van der Waals surface area contributed by atoms with Gasteiger partial charge in [0.25, 0.3) is 10.2 Å². The van der Waals surface area contributed by atoms with Gasteiger partial charge in [0.2, 0.25) is 0 Å². The number of nitrogens with one attached hydrogen (secondary N) is 1. The summed E-state index contributed by atoms with van der Waals surface area (Å²) in [6.07, 6.45) is 0.716. The smallest absolute Gasteiger partial charge is 0.279 e. The Balaban J connectivity index is 1.54. The van der Waals surface area contributed by atoms with Gasteiger partial charge in [-0.2, -0.15) is 17.4 Å². The molecular formula is C17H27N3O3S. The highest BCUT2D eigenvalue weighted by atomic mass is 32.2. The first-order valence-corrected chi connectivity index (χ1v) is 10.1. The number of hydrogen-bond acceptors (Lipinski definition) is 4. The first-order chi connectivity index (χ1) is 11.4. The van der Waals surface area contributed by atoms with Crippen molar-refractivity contribution in [3.05, 3.63) is 35.9 Å². The summed E-state index contributed by atoms with van der Waals surface area (Å²) in [4.78, 5) is 2.30. The van der Waals surface area contributed by atoms with Gasteiger partial charge in [-0.05, 0) is 25.8 Å². The van der Waals surface area contributed by atoms with Crippen LogP contribution < -0.4 is 4.72 Å². The maximum atomic E-state index is 12.6. The molecule has 0 spiro atoms. The van der Waals surface area contributed by atoms with Crippen molar-refractivity contribution in [2.24, 2.45) is 0 Å². The van der Waals surface area contributed by atoms with E-state index in [0.29, 0.717) is 13.1 Å². The summed E-state index contributed by atoms with van der Waals surface area (Å²) >= 11 is 0. The first-order valence-electron chi connectivity index (χ1n) is 8.61. The molecule has 1 aromatic rings. The van der Waals surface area contributed by atoms with E-state index in [1.807, 2.05) is 32.0 Å². The molecule has 0 aliphatic carbocycles. The Bertz CT molecular complexity index is 628. The quantitative estimate of drug-likeness (QED) is 0.864. The van der Waals surface area contributed by atoms with Gasteiger partial charge in [0, 0.05) is 38.8 Å². The molecule has 3 unspecified atom stereocenters. The third kappa shape index (κ3) is 4.55. The normalized spacial score (nSPS) is 29.8. The van der Waals surface area contributed by atoms with E-state index in [1.165, 1.54) is 9.87 Å². The minimum absolute atomic E-state index is 0.0211. The fraction of sp³-hybridized carbons (Fsp3) is 0.647. The molecule has 3 atom stereocenters. The lowest BCUT2D eigenvalue weighted by atomic mass is 10.2. The van der Waals surface area contributed by atoms with Gasteiger partial charge in [0.1, 0.15) is 0 Å². The van der Waals surface area contributed by atoms with Crippen LogP contribution in [0.2, 0.25) is 0 Å². The average Bonchev–Trinajstić information content (AvgIpc) is 2.93. The van der Waals surface area contributed by atoms with Gasteiger partial charge in [-0.25, -0.2) is 0 Å². The highest BCUT2D eigenvalue weighted by Crippen LogP contribution is 2.17. The standard InChI is InChI=1S/C17H27N3O3S/c1-14-10-20(11-15(2)23-14)24(21,22)18-17-8-9-19(13-17)12-16-6-4-3-5-7-16/h3-7,14-15,17-18H,8-13H2,1-2H3. The summed E-state index contributed by atoms with van der Waals surface area (Å²) < 4.78 is 35.3. The van der Waals surface area contributed by atoms with Gasteiger partial charge in [-0.3, -0.25) is 4.90 Å². The predicted molar refractivity (Wildman–Crippen MR) is 93.8 cm³/mol. The van der Waals surface area contributed by atoms with Crippen LogP contribution in [0.1, 0.15) is 25.8 Å². The average molecular weight is 353 g/mol. The van der Waals surface area contributed by atoms with E-state index in [9.17, 15) is 8.42 Å². The van der Waals surface area contributed by atoms with E-state index in [0.717, 1.165) is 26.1 Å². The number of nitrogens with zero attached hydrogens (tertiary/aromatic N) is 2. The molecule has 134 valence electrons. The van der Waals surface area contributed by atoms with Crippen LogP contribution >= 0.6 is 0 Å². The Kier molecular flexibility index (Phi) is 5.56. The van der Waals surface area contributed by atoms with E-state index < -0.39 is 10.2 Å². The molecule has 0 aromatic heterocycles. The third-order valence-electron chi connectivity index (χ3n) is 4.56. The van der Waals surface area contributed by atoms with Crippen molar-refractivity contribution in [3.8, 4) is 0 Å². The molecular weight excluding hydrogens is 326 g/mol. The zero-order chi connectivity index (χ0) is 17.2. The van der Waals surface area contributed by atoms with E-state index in [4.69, 9.17) is 4.74 Å². The fourth-order valence-corrected chi connectivity index (χ4v) is 5.10. The SMILES string of the molecule is CC1CN(S(=O)(=O)NC2CCN(Cc3ccccc3)C2)CC(C)O1. The molecule has 24 heavy (non-hydrogen) atoms. The molecule has 2 fully saturated rings. The number of ether oxygens (including phenoxy) is 1. The lowest BCUT2D eigenvalue weighted by Gasteiger charge is -2.35. The molecule has 0 amide bonds. The molecule has 2 aliphatic rings. The zero-order valence-corrected chi connectivity index (χ0v) is 15.2. The van der Waals surface area contributed by atoms with E-state index in [2.05, 4.69) is 21.8 Å². The molecule has 0 saturated carbocycles. The Morgan fingerprint density at radius 1 is 1.12 bits per heavy atom. The van der Waals surface area contributed by atoms with E-state index in [1.54, 1.807) is 0 Å². The zero-order valence-electron chi connectivity index (χ0n) is 14.4. The van der Waals surface area contributed by atoms with Crippen LogP contribution in [0, 0.1) is 0 Å². The lowest BCUT2D eigenvalue weighted by Crippen LogP contribution is -2.54. The summed E-state index contributed by atoms with van der Waals surface area (Å²) in [5.41, 5.74) is 1.26. The van der Waals surface area contributed by atoms with Gasteiger partial charge in [0.15, 0.2) is 0 Å². The Labute approximate surface area is 145 Å². The van der Waals surface area contributed by atoms with Gasteiger partial charge in [-0.15, -0.1) is 0 Å². The number of morpholine rings is 1. The topological polar surface area (TPSA) is 61.9 Å². The maximum absolute atomic E-state index is 12.6. The molecule has 1 aromatic carbocycles. The number of rotatable bonds is 5. The fourth-order valence-electron chi connectivity index (χ4n) is 3.53. The Morgan fingerprint density at radius 2 is 1.79 bits per heavy atom. The molecule has 0 radical (unpaired) electrons. The van der Waals surface area contributed by atoms with Crippen LogP contribution in [0.3, 0.4) is 0 Å². The van der Waals surface area contributed by atoms with Crippen LogP contribution in [0.5, 0.6) is 0 Å². The van der Waals surface area contributed by atoms with Crippen LogP contribution in [0.4, 0.5) is 0 Å². The van der Waals surface area contributed by atoms with E-state index in [-0.39, 0.29) is 18.2 Å². The van der Waals surface area contributed by atoms with Crippen molar-refractivity contribution in [1.29, 1.82) is 0 Å². The summed E-state index contributed by atoms with van der Waals surface area (Å²) in [5, 5.41) is 0.